The van der Waals surface area contributed by atoms with Gasteiger partial charge in [0.1, 0.15) is 5.76 Å². The van der Waals surface area contributed by atoms with Crippen LogP contribution in [0.15, 0.2) is 33.8 Å². The van der Waals surface area contributed by atoms with Crippen LogP contribution < -0.4 is 15.2 Å². The first kappa shape index (κ1) is 20.0. The first-order valence-electron chi connectivity index (χ1n) is 7.62. The Kier molecular flexibility index (Phi) is 6.58. The first-order valence-corrected chi connectivity index (χ1v) is 7.62. The Morgan fingerprint density at radius 1 is 1.26 bits per heavy atom. The third-order valence-electron chi connectivity index (χ3n) is 3.38. The second kappa shape index (κ2) is 8.88. The maximum absolute atomic E-state index is 12.3. The molecule has 1 aromatic heterocycles. The smallest absolute Gasteiger partial charge is 0.387 e. The zero-order chi connectivity index (χ0) is 20.0. The number of carbonyl (C=O) groups is 1. The van der Waals surface area contributed by atoms with Crippen LogP contribution in [0, 0.1) is 6.92 Å². The first-order chi connectivity index (χ1) is 12.8. The summed E-state index contributed by atoms with van der Waals surface area (Å²) in [5, 5.41) is 3.73. The number of nitrogens with two attached hydrogens (primary N) is 1. The molecule has 146 valence electrons. The Hall–Kier alpha value is -3.30. The molecule has 2 aromatic rings. The van der Waals surface area contributed by atoms with Crippen LogP contribution in [0.3, 0.4) is 0 Å². The summed E-state index contributed by atoms with van der Waals surface area (Å²) >= 11 is 0. The summed E-state index contributed by atoms with van der Waals surface area (Å²) < 4.78 is 43.9. The van der Waals surface area contributed by atoms with Crippen LogP contribution in [-0.4, -0.2) is 32.6 Å². The average Bonchev–Trinajstić information content (AvgIpc) is 3.01. The van der Waals surface area contributed by atoms with E-state index in [-0.39, 0.29) is 29.7 Å². The summed E-state index contributed by atoms with van der Waals surface area (Å²) in [5.74, 6) is -0.259. The molecule has 10 heteroatoms. The van der Waals surface area contributed by atoms with Gasteiger partial charge in [-0.3, -0.25) is 0 Å². The number of carbonyl (C=O) groups excluding carboxylic acids is 1. The van der Waals surface area contributed by atoms with Crippen molar-refractivity contribution in [1.29, 1.82) is 0 Å². The van der Waals surface area contributed by atoms with Gasteiger partial charge in [0.15, 0.2) is 23.9 Å². The normalized spacial score (nSPS) is 11.4. The fraction of sp³-hybridized carbons (Fsp3) is 0.294. The molecule has 0 bridgehead atoms. The van der Waals surface area contributed by atoms with Crippen molar-refractivity contribution in [2.24, 2.45) is 10.9 Å². The highest BCUT2D eigenvalue weighted by Gasteiger charge is 2.16. The number of halogens is 2. The van der Waals surface area contributed by atoms with Crippen LogP contribution in [0.5, 0.6) is 11.5 Å². The topological polar surface area (TPSA) is 106 Å². The lowest BCUT2D eigenvalue weighted by Crippen LogP contribution is -2.14. The van der Waals surface area contributed by atoms with E-state index in [4.69, 9.17) is 19.7 Å². The lowest BCUT2D eigenvalue weighted by Gasteiger charge is -2.11. The maximum Gasteiger partial charge on any atom is 0.387 e. The Balaban J connectivity index is 2.06. The number of benzene rings is 1. The molecule has 0 aliphatic heterocycles. The van der Waals surface area contributed by atoms with Gasteiger partial charge in [-0.25, -0.2) is 4.79 Å². The van der Waals surface area contributed by atoms with Gasteiger partial charge in [-0.1, -0.05) is 5.16 Å². The molecule has 27 heavy (non-hydrogen) atoms. The zero-order valence-corrected chi connectivity index (χ0v) is 14.8. The Morgan fingerprint density at radius 2 is 2.00 bits per heavy atom. The minimum Gasteiger partial charge on any atom is -0.493 e. The third kappa shape index (κ3) is 5.09. The quantitative estimate of drug-likeness (QED) is 0.323. The molecule has 2 N–H and O–H groups in total. The van der Waals surface area contributed by atoms with Crippen LogP contribution in [0.25, 0.3) is 0 Å². The number of ether oxygens (including phenoxy) is 3. The van der Waals surface area contributed by atoms with E-state index >= 15 is 0 Å². The van der Waals surface area contributed by atoms with Crippen molar-refractivity contribution < 1.29 is 37.0 Å². The molecule has 1 aromatic carbocycles. The molecule has 1 heterocycles. The molecule has 0 atom stereocenters. The van der Waals surface area contributed by atoms with Crippen LogP contribution in [0.2, 0.25) is 0 Å². The van der Waals surface area contributed by atoms with Gasteiger partial charge >= 0.3 is 12.6 Å². The summed E-state index contributed by atoms with van der Waals surface area (Å²) in [6.45, 7) is -1.38. The number of furan rings is 1. The largest absolute Gasteiger partial charge is 0.493 e. The Morgan fingerprint density at radius 3 is 2.63 bits per heavy atom. The van der Waals surface area contributed by atoms with Gasteiger partial charge in [-0.05, 0) is 31.2 Å². The van der Waals surface area contributed by atoms with Crippen LogP contribution in [0.4, 0.5) is 8.78 Å². The molecule has 0 amide bonds. The number of hydrogen-bond acceptors (Lipinski definition) is 7. The van der Waals surface area contributed by atoms with Crippen molar-refractivity contribution in [1.82, 2.24) is 0 Å². The molecular weight excluding hydrogens is 366 g/mol. The maximum atomic E-state index is 12.3. The van der Waals surface area contributed by atoms with Gasteiger partial charge in [0, 0.05) is 11.1 Å². The highest BCUT2D eigenvalue weighted by atomic mass is 19.3. The van der Waals surface area contributed by atoms with Crippen molar-refractivity contribution in [3.05, 3.63) is 46.9 Å². The average molecular weight is 384 g/mol. The minimum atomic E-state index is -2.98. The molecule has 8 nitrogen and oxygen atoms in total. The zero-order valence-electron chi connectivity index (χ0n) is 14.8. The van der Waals surface area contributed by atoms with E-state index in [2.05, 4.69) is 14.6 Å². The fourth-order valence-electron chi connectivity index (χ4n) is 2.15. The predicted molar refractivity (Wildman–Crippen MR) is 89.9 cm³/mol. The van der Waals surface area contributed by atoms with Gasteiger partial charge in [-0.15, -0.1) is 0 Å². The second-order valence-corrected chi connectivity index (χ2v) is 5.21. The number of oxime groups is 1. The molecule has 0 aliphatic rings. The molecule has 0 saturated heterocycles. The standard InChI is InChI=1S/C17H18F2N2O6/c1-9-6-11(26-14(9)16(22)24-3)8-25-21-15(20)10-4-5-12(27-17(18)19)13(7-10)23-2/h4-7,17H,8H2,1-3H3,(H2,20,21). The summed E-state index contributed by atoms with van der Waals surface area (Å²) in [6.07, 6.45) is 0. The van der Waals surface area contributed by atoms with Gasteiger partial charge in [0.25, 0.3) is 0 Å². The highest BCUT2D eigenvalue weighted by Crippen LogP contribution is 2.29. The van der Waals surface area contributed by atoms with E-state index in [0.717, 1.165) is 0 Å². The molecule has 0 fully saturated rings. The SMILES string of the molecule is COC(=O)c1oc(CO/N=C(\N)c2ccc(OC(F)F)c(OC)c2)cc1C. The van der Waals surface area contributed by atoms with Gasteiger partial charge < -0.3 is 29.2 Å². The molecule has 0 unspecified atom stereocenters. The van der Waals surface area contributed by atoms with E-state index < -0.39 is 12.6 Å². The second-order valence-electron chi connectivity index (χ2n) is 5.21. The number of nitrogens with zero attached hydrogens (tertiary/aromatic N) is 1. The van der Waals surface area contributed by atoms with E-state index in [1.54, 1.807) is 13.0 Å². The molecule has 0 saturated carbocycles. The molecule has 0 spiro atoms. The summed E-state index contributed by atoms with van der Waals surface area (Å²) in [7, 11) is 2.55. The van der Waals surface area contributed by atoms with Crippen LogP contribution >= 0.6 is 0 Å². The monoisotopic (exact) mass is 384 g/mol. The van der Waals surface area contributed by atoms with E-state index in [1.807, 2.05) is 0 Å². The van der Waals surface area contributed by atoms with Crippen LogP contribution in [-0.2, 0) is 16.2 Å². The van der Waals surface area contributed by atoms with E-state index in [9.17, 15) is 13.6 Å². The van der Waals surface area contributed by atoms with Crippen molar-refractivity contribution >= 4 is 11.8 Å². The van der Waals surface area contributed by atoms with Gasteiger partial charge in [0.05, 0.1) is 14.2 Å². The van der Waals surface area contributed by atoms with Crippen molar-refractivity contribution in [3.63, 3.8) is 0 Å². The molecule has 0 radical (unpaired) electrons. The number of rotatable bonds is 8. The molecular formula is C17H18F2N2O6. The van der Waals surface area contributed by atoms with Crippen LogP contribution in [0.1, 0.15) is 27.4 Å². The number of esters is 1. The van der Waals surface area contributed by atoms with Gasteiger partial charge in [0.2, 0.25) is 5.76 Å². The van der Waals surface area contributed by atoms with Crippen molar-refractivity contribution in [3.8, 4) is 11.5 Å². The Labute approximate surface area is 153 Å². The summed E-state index contributed by atoms with van der Waals surface area (Å²) in [6, 6.07) is 5.69. The number of methoxy groups -OCH3 is 2. The van der Waals surface area contributed by atoms with Crippen molar-refractivity contribution in [2.45, 2.75) is 20.1 Å². The summed E-state index contributed by atoms with van der Waals surface area (Å²) in [5.41, 5.74) is 6.78. The predicted octanol–water partition coefficient (Wildman–Crippen LogP) is 2.82. The number of hydrogen-bond donors (Lipinski definition) is 1. The molecule has 0 aliphatic carbocycles. The van der Waals surface area contributed by atoms with E-state index in [1.165, 1.54) is 32.4 Å². The highest BCUT2D eigenvalue weighted by molar-refractivity contribution is 5.97. The minimum absolute atomic E-state index is 0.0200. The lowest BCUT2D eigenvalue weighted by molar-refractivity contribution is -0.0512. The number of amidine groups is 1. The number of alkyl halides is 2. The third-order valence-corrected chi connectivity index (χ3v) is 3.38. The van der Waals surface area contributed by atoms with Gasteiger partial charge in [-0.2, -0.15) is 8.78 Å². The van der Waals surface area contributed by atoms with E-state index in [0.29, 0.717) is 16.9 Å². The lowest BCUT2D eigenvalue weighted by atomic mass is 10.2. The fourth-order valence-corrected chi connectivity index (χ4v) is 2.15. The number of aryl methyl sites for hydroxylation is 1. The van der Waals surface area contributed by atoms with Crippen molar-refractivity contribution in [2.75, 3.05) is 14.2 Å². The Bertz CT molecular complexity index is 835. The summed E-state index contributed by atoms with van der Waals surface area (Å²) in [4.78, 5) is 16.6. The molecule has 2 rings (SSSR count).